The van der Waals surface area contributed by atoms with Gasteiger partial charge in [0.05, 0.1) is 15.6 Å². The summed E-state index contributed by atoms with van der Waals surface area (Å²) < 4.78 is 11.8. The summed E-state index contributed by atoms with van der Waals surface area (Å²) in [6.07, 6.45) is 0. The van der Waals surface area contributed by atoms with E-state index in [0.717, 1.165) is 0 Å². The summed E-state index contributed by atoms with van der Waals surface area (Å²) in [5.74, 6) is -0.335. The largest absolute Gasteiger partial charge is 1.00 e. The number of phenolic OH excluding ortho intramolecular Hbond substituents is 2. The molecule has 2 aliphatic heterocycles. The van der Waals surface area contributed by atoms with E-state index in [9.17, 15) is 15.0 Å². The maximum atomic E-state index is 12.6. The number of hydrogen-bond donors (Lipinski definition) is 2. The van der Waals surface area contributed by atoms with Crippen molar-refractivity contribution in [1.82, 2.24) is 0 Å². The SMILES string of the molecule is O=C1OC2(c3cc(Cl)c(O)cc3Oc3cc(O)c(Cl)cc32)c2ccccc21.[H-].[Na+]. The average molecular weight is 425 g/mol. The molecule has 8 heteroatoms. The zero-order chi connectivity index (χ0) is 18.9. The Labute approximate surface area is 193 Å². The van der Waals surface area contributed by atoms with Crippen molar-refractivity contribution < 1.29 is 55.5 Å². The Hall–Kier alpha value is -1.89. The first kappa shape index (κ1) is 19.4. The van der Waals surface area contributed by atoms with E-state index in [4.69, 9.17) is 32.7 Å². The molecule has 0 aromatic heterocycles. The molecule has 0 amide bonds. The molecule has 0 atom stereocenters. The molecule has 5 nitrogen and oxygen atoms in total. The Morgan fingerprint density at radius 3 is 1.96 bits per heavy atom. The number of phenols is 2. The third-order valence-corrected chi connectivity index (χ3v) is 5.45. The molecule has 2 heterocycles. The number of esters is 1. The molecule has 0 fully saturated rings. The maximum absolute atomic E-state index is 12.6. The number of carbonyl (C=O) groups excluding carboxylic acids is 1. The molecule has 3 aromatic carbocycles. The molecule has 5 rings (SSSR count). The molecule has 2 N–H and O–H groups in total. The summed E-state index contributed by atoms with van der Waals surface area (Å²) in [4.78, 5) is 12.6. The normalized spacial score (nSPS) is 15.0. The van der Waals surface area contributed by atoms with E-state index in [1.807, 2.05) is 0 Å². The van der Waals surface area contributed by atoms with Gasteiger partial charge in [0, 0.05) is 28.8 Å². The van der Waals surface area contributed by atoms with E-state index in [-0.39, 0.29) is 64.0 Å². The van der Waals surface area contributed by atoms with E-state index >= 15 is 0 Å². The zero-order valence-electron chi connectivity index (χ0n) is 15.5. The van der Waals surface area contributed by atoms with Crippen LogP contribution in [0.3, 0.4) is 0 Å². The number of halogens is 2. The number of carbonyl (C=O) groups is 1. The summed E-state index contributed by atoms with van der Waals surface area (Å²) in [5, 5.41) is 20.2. The maximum Gasteiger partial charge on any atom is 1.00 e. The standard InChI is InChI=1S/C20H10Cl2O5.Na.H/c21-13-5-11-17(7-15(13)23)26-18-8-16(24)14(22)6-12(18)20(11)10-4-2-1-3-9(10)19(25)27-20;;/h1-8,23-24H;;/q;+1;-1. The molecule has 0 unspecified atom stereocenters. The molecular weight excluding hydrogens is 414 g/mol. The van der Waals surface area contributed by atoms with Crippen molar-refractivity contribution in [3.05, 3.63) is 80.8 Å². The van der Waals surface area contributed by atoms with Gasteiger partial charge < -0.3 is 21.1 Å². The summed E-state index contributed by atoms with van der Waals surface area (Å²) in [6.45, 7) is 0. The minimum atomic E-state index is -1.36. The molecule has 0 aliphatic carbocycles. The third-order valence-electron chi connectivity index (χ3n) is 4.85. The monoisotopic (exact) mass is 424 g/mol. The molecule has 2 aliphatic rings. The van der Waals surface area contributed by atoms with Gasteiger partial charge in [-0.1, -0.05) is 41.4 Å². The molecule has 3 aromatic rings. The second-order valence-corrected chi connectivity index (χ2v) is 7.13. The van der Waals surface area contributed by atoms with Crippen LogP contribution in [0, 0.1) is 0 Å². The van der Waals surface area contributed by atoms with Gasteiger partial charge in [0.25, 0.3) is 0 Å². The minimum Gasteiger partial charge on any atom is -1.00 e. The van der Waals surface area contributed by atoms with Gasteiger partial charge in [-0.05, 0) is 18.2 Å². The second-order valence-electron chi connectivity index (χ2n) is 6.32. The van der Waals surface area contributed by atoms with Gasteiger partial charge in [-0.2, -0.15) is 0 Å². The van der Waals surface area contributed by atoms with Crippen LogP contribution in [-0.2, 0) is 10.3 Å². The predicted octanol–water partition coefficient (Wildman–Crippen LogP) is 2.09. The van der Waals surface area contributed by atoms with Gasteiger partial charge in [-0.3, -0.25) is 0 Å². The van der Waals surface area contributed by atoms with Crippen LogP contribution in [0.25, 0.3) is 0 Å². The van der Waals surface area contributed by atoms with Crippen molar-refractivity contribution >= 4 is 29.2 Å². The van der Waals surface area contributed by atoms with Gasteiger partial charge >= 0.3 is 35.5 Å². The molecule has 0 saturated carbocycles. The number of ether oxygens (including phenoxy) is 2. The Bertz CT molecular complexity index is 1110. The molecule has 0 saturated heterocycles. The van der Waals surface area contributed by atoms with E-state index in [1.54, 1.807) is 24.3 Å². The predicted molar refractivity (Wildman–Crippen MR) is 99.2 cm³/mol. The Morgan fingerprint density at radius 1 is 0.857 bits per heavy atom. The van der Waals surface area contributed by atoms with E-state index < -0.39 is 11.6 Å². The minimum absolute atomic E-state index is 0. The van der Waals surface area contributed by atoms with Crippen molar-refractivity contribution in [2.75, 3.05) is 0 Å². The molecule has 0 bridgehead atoms. The van der Waals surface area contributed by atoms with Crippen LogP contribution in [-0.4, -0.2) is 16.2 Å². The van der Waals surface area contributed by atoms with E-state index in [2.05, 4.69) is 0 Å². The zero-order valence-corrected chi connectivity index (χ0v) is 18.0. The number of benzene rings is 3. The molecular formula is C20H11Cl2NaO5. The fourth-order valence-corrected chi connectivity index (χ4v) is 4.01. The van der Waals surface area contributed by atoms with Crippen LogP contribution in [0.5, 0.6) is 23.0 Å². The van der Waals surface area contributed by atoms with Crippen LogP contribution in [0.1, 0.15) is 28.5 Å². The Kier molecular flexibility index (Phi) is 4.56. The fraction of sp³-hybridized carbons (Fsp3) is 0.0500. The van der Waals surface area contributed by atoms with Crippen LogP contribution < -0.4 is 34.3 Å². The molecule has 136 valence electrons. The smallest absolute Gasteiger partial charge is 1.00 e. The van der Waals surface area contributed by atoms with E-state index in [0.29, 0.717) is 22.3 Å². The van der Waals surface area contributed by atoms with Crippen molar-refractivity contribution in [1.29, 1.82) is 0 Å². The number of rotatable bonds is 0. The van der Waals surface area contributed by atoms with Crippen molar-refractivity contribution in [2.45, 2.75) is 5.60 Å². The Balaban J connectivity index is 0.00000120. The first-order chi connectivity index (χ1) is 12.9. The van der Waals surface area contributed by atoms with Crippen molar-refractivity contribution in [2.24, 2.45) is 0 Å². The van der Waals surface area contributed by atoms with Gasteiger partial charge in [-0.25, -0.2) is 4.79 Å². The topological polar surface area (TPSA) is 76.0 Å². The van der Waals surface area contributed by atoms with Crippen molar-refractivity contribution in [3.8, 4) is 23.0 Å². The summed E-state index contributed by atoms with van der Waals surface area (Å²) in [7, 11) is 0. The number of hydrogen-bond acceptors (Lipinski definition) is 5. The quantitative estimate of drug-likeness (QED) is 0.426. The van der Waals surface area contributed by atoms with Crippen LogP contribution >= 0.6 is 23.2 Å². The molecule has 0 radical (unpaired) electrons. The van der Waals surface area contributed by atoms with Gasteiger partial charge in [0.1, 0.15) is 23.0 Å². The van der Waals surface area contributed by atoms with E-state index in [1.165, 1.54) is 24.3 Å². The van der Waals surface area contributed by atoms with Crippen LogP contribution in [0.15, 0.2) is 48.5 Å². The average Bonchev–Trinajstić information content (AvgIpc) is 2.93. The summed E-state index contributed by atoms with van der Waals surface area (Å²) >= 11 is 12.3. The van der Waals surface area contributed by atoms with Gasteiger partial charge in [0.15, 0.2) is 5.60 Å². The van der Waals surface area contributed by atoms with Crippen LogP contribution in [0.2, 0.25) is 10.0 Å². The van der Waals surface area contributed by atoms with Gasteiger partial charge in [0.2, 0.25) is 0 Å². The third kappa shape index (κ3) is 2.48. The number of aromatic hydroxyl groups is 2. The Morgan fingerprint density at radius 2 is 1.39 bits per heavy atom. The second kappa shape index (κ2) is 6.58. The summed E-state index contributed by atoms with van der Waals surface area (Å²) in [6, 6.07) is 12.7. The van der Waals surface area contributed by atoms with Crippen LogP contribution in [0.4, 0.5) is 0 Å². The molecule has 1 spiro atoms. The molecule has 28 heavy (non-hydrogen) atoms. The van der Waals surface area contributed by atoms with Gasteiger partial charge in [-0.15, -0.1) is 0 Å². The first-order valence-electron chi connectivity index (χ1n) is 7.98. The van der Waals surface area contributed by atoms with Crippen molar-refractivity contribution in [3.63, 3.8) is 0 Å². The fourth-order valence-electron chi connectivity index (χ4n) is 3.69. The first-order valence-corrected chi connectivity index (χ1v) is 8.74. The number of fused-ring (bicyclic) bond motifs is 6. The summed E-state index contributed by atoms with van der Waals surface area (Å²) in [5.41, 5.74) is 0.565.